The lowest BCUT2D eigenvalue weighted by Gasteiger charge is -2.24. The topological polar surface area (TPSA) is 109 Å². The van der Waals surface area contributed by atoms with Gasteiger partial charge in [0.05, 0.1) is 6.61 Å². The molecule has 2 aliphatic rings. The Morgan fingerprint density at radius 2 is 1.94 bits per heavy atom. The summed E-state index contributed by atoms with van der Waals surface area (Å²) in [6.07, 6.45) is 2.94. The molecule has 0 radical (unpaired) electrons. The first-order chi connectivity index (χ1) is 15.1. The molecule has 3 heterocycles. The highest BCUT2D eigenvalue weighted by Crippen LogP contribution is 2.33. The van der Waals surface area contributed by atoms with Crippen LogP contribution in [0, 0.1) is 0 Å². The normalized spacial score (nSPS) is 16.7. The molecule has 1 aromatic heterocycles. The number of methoxy groups -OCH3 is 1. The Morgan fingerprint density at radius 3 is 2.71 bits per heavy atom. The predicted molar refractivity (Wildman–Crippen MR) is 122 cm³/mol. The molecular weight excluding hydrogens is 394 g/mol. The van der Waals surface area contributed by atoms with Crippen molar-refractivity contribution in [1.82, 2.24) is 14.9 Å². The number of rotatable bonds is 8. The molecule has 0 atom stereocenters. The third-order valence-electron chi connectivity index (χ3n) is 5.65. The SMILES string of the molecule is COCCNc1nc(N)c2c(n1)N(Cc1cccc(CN3CCCC3)c1)CCC(=O)N2. The number of fused-ring (bicyclic) bond motifs is 1. The van der Waals surface area contributed by atoms with Gasteiger partial charge in [0.1, 0.15) is 5.69 Å². The summed E-state index contributed by atoms with van der Waals surface area (Å²) >= 11 is 0. The lowest BCUT2D eigenvalue weighted by molar-refractivity contribution is -0.115. The van der Waals surface area contributed by atoms with E-state index in [0.717, 1.165) is 6.54 Å². The van der Waals surface area contributed by atoms with Crippen LogP contribution in [0.2, 0.25) is 0 Å². The molecule has 4 rings (SSSR count). The summed E-state index contributed by atoms with van der Waals surface area (Å²) in [5.74, 6) is 1.25. The molecule has 9 nitrogen and oxygen atoms in total. The third kappa shape index (κ3) is 5.42. The highest BCUT2D eigenvalue weighted by atomic mass is 16.5. The number of hydrogen-bond donors (Lipinski definition) is 3. The van der Waals surface area contributed by atoms with Gasteiger partial charge in [0.25, 0.3) is 0 Å². The Balaban J connectivity index is 1.56. The second-order valence-electron chi connectivity index (χ2n) is 8.07. The van der Waals surface area contributed by atoms with Crippen LogP contribution in [0.1, 0.15) is 30.4 Å². The van der Waals surface area contributed by atoms with Crippen LogP contribution in [0.5, 0.6) is 0 Å². The summed E-state index contributed by atoms with van der Waals surface area (Å²) in [6, 6.07) is 8.66. The highest BCUT2D eigenvalue weighted by molar-refractivity contribution is 5.98. The van der Waals surface area contributed by atoms with E-state index in [0.29, 0.717) is 50.1 Å². The molecule has 4 N–H and O–H groups in total. The quantitative estimate of drug-likeness (QED) is 0.552. The van der Waals surface area contributed by atoms with Crippen LogP contribution in [0.3, 0.4) is 0 Å². The number of carbonyl (C=O) groups excluding carboxylic acids is 1. The lowest BCUT2D eigenvalue weighted by Crippen LogP contribution is -2.26. The molecule has 2 aromatic rings. The van der Waals surface area contributed by atoms with Crippen LogP contribution in [0.25, 0.3) is 0 Å². The van der Waals surface area contributed by atoms with Gasteiger partial charge in [-0.3, -0.25) is 9.69 Å². The largest absolute Gasteiger partial charge is 0.383 e. The number of anilines is 4. The first-order valence-corrected chi connectivity index (χ1v) is 10.9. The Hall–Kier alpha value is -2.91. The van der Waals surface area contributed by atoms with Crippen molar-refractivity contribution in [3.8, 4) is 0 Å². The van der Waals surface area contributed by atoms with Gasteiger partial charge >= 0.3 is 0 Å². The fourth-order valence-electron chi connectivity index (χ4n) is 4.10. The van der Waals surface area contributed by atoms with Crippen molar-refractivity contribution >= 4 is 29.2 Å². The monoisotopic (exact) mass is 425 g/mol. The number of benzene rings is 1. The first kappa shape index (κ1) is 21.3. The molecule has 31 heavy (non-hydrogen) atoms. The van der Waals surface area contributed by atoms with Crippen LogP contribution < -0.4 is 21.3 Å². The minimum atomic E-state index is -0.0815. The van der Waals surface area contributed by atoms with E-state index in [1.165, 1.54) is 37.1 Å². The maximum absolute atomic E-state index is 12.3. The maximum atomic E-state index is 12.3. The predicted octanol–water partition coefficient (Wildman–Crippen LogP) is 2.06. The van der Waals surface area contributed by atoms with E-state index < -0.39 is 0 Å². The molecule has 166 valence electrons. The number of nitrogens with one attached hydrogen (secondary N) is 2. The van der Waals surface area contributed by atoms with E-state index >= 15 is 0 Å². The second-order valence-corrected chi connectivity index (χ2v) is 8.07. The van der Waals surface area contributed by atoms with Crippen molar-refractivity contribution in [2.24, 2.45) is 0 Å². The Labute approximate surface area is 183 Å². The Morgan fingerprint density at radius 1 is 1.16 bits per heavy atom. The number of likely N-dealkylation sites (tertiary alicyclic amines) is 1. The molecule has 0 aliphatic carbocycles. The van der Waals surface area contributed by atoms with Crippen molar-refractivity contribution in [3.63, 3.8) is 0 Å². The zero-order chi connectivity index (χ0) is 21.6. The van der Waals surface area contributed by atoms with Crippen LogP contribution in [0.4, 0.5) is 23.3 Å². The standard InChI is InChI=1S/C22H31N7O2/c1-31-12-8-24-22-26-20(23)19-21(27-22)29(11-7-18(30)25-19)15-17-6-4-5-16(13-17)14-28-9-2-3-10-28/h4-6,13H,2-3,7-12,14-15H2,1H3,(H,25,30)(H3,23,24,26,27). The zero-order valence-corrected chi connectivity index (χ0v) is 18.1. The molecule has 1 aromatic carbocycles. The second kappa shape index (κ2) is 9.93. The molecule has 9 heteroatoms. The van der Waals surface area contributed by atoms with Gasteiger partial charge in [-0.15, -0.1) is 0 Å². The van der Waals surface area contributed by atoms with Crippen molar-refractivity contribution < 1.29 is 9.53 Å². The number of nitrogen functional groups attached to an aromatic ring is 1. The van der Waals surface area contributed by atoms with Crippen LogP contribution in [-0.4, -0.2) is 60.7 Å². The van der Waals surface area contributed by atoms with Gasteiger partial charge in [-0.2, -0.15) is 9.97 Å². The van der Waals surface area contributed by atoms with Gasteiger partial charge in [0.15, 0.2) is 11.6 Å². The minimum Gasteiger partial charge on any atom is -0.383 e. The molecule has 0 saturated carbocycles. The van der Waals surface area contributed by atoms with E-state index in [9.17, 15) is 4.79 Å². The molecule has 2 aliphatic heterocycles. The molecule has 1 saturated heterocycles. The summed E-state index contributed by atoms with van der Waals surface area (Å²) < 4.78 is 5.08. The van der Waals surface area contributed by atoms with Gasteiger partial charge < -0.3 is 26.0 Å². The van der Waals surface area contributed by atoms with Crippen LogP contribution in [0.15, 0.2) is 24.3 Å². The number of carbonyl (C=O) groups is 1. The van der Waals surface area contributed by atoms with E-state index in [1.807, 2.05) is 0 Å². The van der Waals surface area contributed by atoms with Crippen LogP contribution >= 0.6 is 0 Å². The summed E-state index contributed by atoms with van der Waals surface area (Å²) in [4.78, 5) is 25.8. The molecule has 1 fully saturated rings. The molecular formula is C22H31N7O2. The van der Waals surface area contributed by atoms with Crippen molar-refractivity contribution in [1.29, 1.82) is 0 Å². The number of nitrogens with zero attached hydrogens (tertiary/aromatic N) is 4. The first-order valence-electron chi connectivity index (χ1n) is 10.9. The van der Waals surface area contributed by atoms with E-state index in [-0.39, 0.29) is 11.7 Å². The third-order valence-corrected chi connectivity index (χ3v) is 5.65. The van der Waals surface area contributed by atoms with Gasteiger partial charge in [0.2, 0.25) is 11.9 Å². The average molecular weight is 426 g/mol. The zero-order valence-electron chi connectivity index (χ0n) is 18.1. The fourth-order valence-corrected chi connectivity index (χ4v) is 4.10. The summed E-state index contributed by atoms with van der Waals surface area (Å²) in [6.45, 7) is 5.63. The van der Waals surface area contributed by atoms with Gasteiger partial charge in [0, 0.05) is 39.7 Å². The summed E-state index contributed by atoms with van der Waals surface area (Å²) in [5.41, 5.74) is 9.16. The van der Waals surface area contributed by atoms with Gasteiger partial charge in [-0.1, -0.05) is 24.3 Å². The smallest absolute Gasteiger partial charge is 0.226 e. The number of ether oxygens (including phenoxy) is 1. The van der Waals surface area contributed by atoms with Crippen molar-refractivity contribution in [3.05, 3.63) is 35.4 Å². The van der Waals surface area contributed by atoms with E-state index in [1.54, 1.807) is 7.11 Å². The molecule has 1 amide bonds. The minimum absolute atomic E-state index is 0.0815. The maximum Gasteiger partial charge on any atom is 0.226 e. The number of aromatic nitrogens is 2. The van der Waals surface area contributed by atoms with Crippen molar-refractivity contribution in [2.75, 3.05) is 61.2 Å². The average Bonchev–Trinajstić information content (AvgIpc) is 3.20. The number of amides is 1. The van der Waals surface area contributed by atoms with Gasteiger partial charge in [-0.25, -0.2) is 0 Å². The lowest BCUT2D eigenvalue weighted by atomic mass is 10.1. The molecule has 0 unspecified atom stereocenters. The summed E-state index contributed by atoms with van der Waals surface area (Å²) in [5, 5.41) is 6.00. The number of nitrogens with two attached hydrogens (primary N) is 1. The Kier molecular flexibility index (Phi) is 6.83. The summed E-state index contributed by atoms with van der Waals surface area (Å²) in [7, 11) is 1.64. The molecule has 0 bridgehead atoms. The number of hydrogen-bond acceptors (Lipinski definition) is 8. The van der Waals surface area contributed by atoms with Gasteiger partial charge in [-0.05, 0) is 37.1 Å². The van der Waals surface area contributed by atoms with E-state index in [2.05, 4.69) is 54.7 Å². The molecule has 0 spiro atoms. The Bertz CT molecular complexity index is 915. The van der Waals surface area contributed by atoms with E-state index in [4.69, 9.17) is 10.5 Å². The highest BCUT2D eigenvalue weighted by Gasteiger charge is 2.24. The fraction of sp³-hybridized carbons (Fsp3) is 0.500. The van der Waals surface area contributed by atoms with Crippen LogP contribution in [-0.2, 0) is 22.6 Å². The van der Waals surface area contributed by atoms with Crippen molar-refractivity contribution in [2.45, 2.75) is 32.4 Å².